The third-order valence-electron chi connectivity index (χ3n) is 2.32. The first-order valence-electron chi connectivity index (χ1n) is 5.38. The lowest BCUT2D eigenvalue weighted by atomic mass is 10.4. The predicted molar refractivity (Wildman–Crippen MR) is 83.6 cm³/mol. The second-order valence-corrected chi connectivity index (χ2v) is 6.95. The van der Waals surface area contributed by atoms with Gasteiger partial charge in [-0.1, -0.05) is 29.3 Å². The Bertz CT molecular complexity index is 766. The highest BCUT2D eigenvalue weighted by atomic mass is 79.9. The molecule has 21 heavy (non-hydrogen) atoms. The average Bonchev–Trinajstić information content (AvgIpc) is 2.40. The van der Waals surface area contributed by atoms with Gasteiger partial charge in [-0.15, -0.1) is 0 Å². The molecule has 0 aliphatic rings. The number of benzene rings is 1. The molecule has 0 saturated carbocycles. The zero-order valence-corrected chi connectivity index (χ0v) is 14.4. The van der Waals surface area contributed by atoms with Gasteiger partial charge in [-0.05, 0) is 28.1 Å². The standard InChI is InChI=1S/C11H8BrCl2N3O3S/c1-20-11-10(15-5-8(12)16-11)17-21(18,19)9-6(13)3-2-4-7(9)14/h2-5H,1H3,(H,15,17). The first-order chi connectivity index (χ1) is 9.85. The maximum Gasteiger partial charge on any atom is 0.266 e. The van der Waals surface area contributed by atoms with E-state index in [4.69, 9.17) is 27.9 Å². The van der Waals surface area contributed by atoms with Crippen LogP contribution in [0.15, 0.2) is 33.9 Å². The summed E-state index contributed by atoms with van der Waals surface area (Å²) in [6.07, 6.45) is 1.33. The molecule has 6 nitrogen and oxygen atoms in total. The monoisotopic (exact) mass is 411 g/mol. The SMILES string of the molecule is COc1nc(Br)cnc1NS(=O)(=O)c1c(Cl)cccc1Cl. The van der Waals surface area contributed by atoms with Crippen LogP contribution >= 0.6 is 39.1 Å². The van der Waals surface area contributed by atoms with Crippen molar-refractivity contribution in [1.82, 2.24) is 9.97 Å². The molecule has 0 radical (unpaired) electrons. The molecule has 2 aromatic rings. The van der Waals surface area contributed by atoms with Crippen molar-refractivity contribution in [3.8, 4) is 5.88 Å². The van der Waals surface area contributed by atoms with Crippen LogP contribution in [0.25, 0.3) is 0 Å². The van der Waals surface area contributed by atoms with E-state index >= 15 is 0 Å². The summed E-state index contributed by atoms with van der Waals surface area (Å²) in [5, 5.41) is -0.00178. The molecule has 0 atom stereocenters. The molecule has 0 bridgehead atoms. The van der Waals surface area contributed by atoms with Gasteiger partial charge < -0.3 is 4.74 Å². The Morgan fingerprint density at radius 3 is 2.48 bits per heavy atom. The maximum atomic E-state index is 12.4. The molecule has 0 aliphatic carbocycles. The van der Waals surface area contributed by atoms with Gasteiger partial charge in [0.1, 0.15) is 9.50 Å². The van der Waals surface area contributed by atoms with Gasteiger partial charge in [-0.3, -0.25) is 4.72 Å². The van der Waals surface area contributed by atoms with Crippen LogP contribution in [0.2, 0.25) is 10.0 Å². The Labute approximate surface area is 139 Å². The van der Waals surface area contributed by atoms with Crippen molar-refractivity contribution < 1.29 is 13.2 Å². The topological polar surface area (TPSA) is 81.2 Å². The van der Waals surface area contributed by atoms with E-state index in [1.54, 1.807) is 6.07 Å². The summed E-state index contributed by atoms with van der Waals surface area (Å²) >= 11 is 14.9. The molecule has 2 rings (SSSR count). The van der Waals surface area contributed by atoms with Crippen molar-refractivity contribution in [3.05, 3.63) is 39.0 Å². The number of methoxy groups -OCH3 is 1. The Morgan fingerprint density at radius 1 is 1.29 bits per heavy atom. The molecular weight excluding hydrogens is 405 g/mol. The summed E-state index contributed by atoms with van der Waals surface area (Å²) < 4.78 is 32.4. The minimum atomic E-state index is -4.03. The number of halogens is 3. The number of rotatable bonds is 4. The average molecular weight is 413 g/mol. The second-order valence-electron chi connectivity index (χ2n) is 3.71. The first kappa shape index (κ1) is 16.3. The molecule has 0 unspecified atom stereocenters. The molecule has 10 heteroatoms. The fourth-order valence-electron chi connectivity index (χ4n) is 1.48. The molecule has 1 N–H and O–H groups in total. The van der Waals surface area contributed by atoms with Crippen LogP contribution in [0.4, 0.5) is 5.82 Å². The highest BCUT2D eigenvalue weighted by Gasteiger charge is 2.24. The van der Waals surface area contributed by atoms with E-state index in [1.807, 2.05) is 0 Å². The van der Waals surface area contributed by atoms with E-state index in [0.717, 1.165) is 0 Å². The fourth-order valence-corrected chi connectivity index (χ4v) is 3.90. The summed E-state index contributed by atoms with van der Waals surface area (Å²) in [6.45, 7) is 0. The van der Waals surface area contributed by atoms with Crippen LogP contribution in [0.3, 0.4) is 0 Å². The van der Waals surface area contributed by atoms with E-state index in [-0.39, 0.29) is 26.6 Å². The molecule has 1 aromatic heterocycles. The van der Waals surface area contributed by atoms with Crippen molar-refractivity contribution in [2.75, 3.05) is 11.8 Å². The first-order valence-corrected chi connectivity index (χ1v) is 8.41. The smallest absolute Gasteiger partial charge is 0.266 e. The third kappa shape index (κ3) is 3.57. The minimum absolute atomic E-state index is 0.000891. The quantitative estimate of drug-likeness (QED) is 0.832. The van der Waals surface area contributed by atoms with Crippen LogP contribution in [-0.2, 0) is 10.0 Å². The van der Waals surface area contributed by atoms with Crippen molar-refractivity contribution in [2.45, 2.75) is 4.90 Å². The molecule has 0 fully saturated rings. The molecule has 112 valence electrons. The largest absolute Gasteiger partial charge is 0.478 e. The van der Waals surface area contributed by atoms with Crippen LogP contribution in [0.5, 0.6) is 5.88 Å². The van der Waals surface area contributed by atoms with Gasteiger partial charge in [-0.2, -0.15) is 0 Å². The Hall–Kier alpha value is -1.09. The van der Waals surface area contributed by atoms with Crippen LogP contribution in [0.1, 0.15) is 0 Å². The van der Waals surface area contributed by atoms with Gasteiger partial charge in [-0.25, -0.2) is 18.4 Å². The van der Waals surface area contributed by atoms with Crippen LogP contribution < -0.4 is 9.46 Å². The summed E-state index contributed by atoms with van der Waals surface area (Å²) in [5.74, 6) is -0.0622. The van der Waals surface area contributed by atoms with Crippen LogP contribution in [0, 0.1) is 0 Å². The van der Waals surface area contributed by atoms with Crippen molar-refractivity contribution in [2.24, 2.45) is 0 Å². The van der Waals surface area contributed by atoms with Crippen molar-refractivity contribution in [3.63, 3.8) is 0 Å². The summed E-state index contributed by atoms with van der Waals surface area (Å²) in [7, 11) is -2.69. The van der Waals surface area contributed by atoms with Crippen molar-refractivity contribution >= 4 is 55.0 Å². The van der Waals surface area contributed by atoms with Crippen LogP contribution in [-0.4, -0.2) is 25.5 Å². The maximum absolute atomic E-state index is 12.4. The van der Waals surface area contributed by atoms with Crippen molar-refractivity contribution in [1.29, 1.82) is 0 Å². The number of anilines is 1. The lowest BCUT2D eigenvalue weighted by Crippen LogP contribution is -2.16. The molecule has 1 heterocycles. The highest BCUT2D eigenvalue weighted by Crippen LogP contribution is 2.31. The number of hydrogen-bond donors (Lipinski definition) is 1. The summed E-state index contributed by atoms with van der Waals surface area (Å²) in [5.41, 5.74) is 0. The number of ether oxygens (including phenoxy) is 1. The van der Waals surface area contributed by atoms with Gasteiger partial charge >= 0.3 is 0 Å². The zero-order chi connectivity index (χ0) is 15.6. The number of nitrogens with one attached hydrogen (secondary N) is 1. The van der Waals surface area contributed by atoms with Gasteiger partial charge in [0.05, 0.1) is 23.4 Å². The lowest BCUT2D eigenvalue weighted by molar-refractivity contribution is 0.397. The molecule has 0 aliphatic heterocycles. The number of aromatic nitrogens is 2. The third-order valence-corrected chi connectivity index (χ3v) is 5.00. The number of hydrogen-bond acceptors (Lipinski definition) is 5. The molecule has 0 amide bonds. The molecule has 1 aromatic carbocycles. The number of sulfonamides is 1. The van der Waals surface area contributed by atoms with Gasteiger partial charge in [0.15, 0.2) is 0 Å². The van der Waals surface area contributed by atoms with E-state index in [1.165, 1.54) is 25.4 Å². The zero-order valence-electron chi connectivity index (χ0n) is 10.5. The Morgan fingerprint density at radius 2 is 1.90 bits per heavy atom. The van der Waals surface area contributed by atoms with E-state index < -0.39 is 10.0 Å². The van der Waals surface area contributed by atoms with Gasteiger partial charge in [0.25, 0.3) is 15.9 Å². The highest BCUT2D eigenvalue weighted by molar-refractivity contribution is 9.10. The van der Waals surface area contributed by atoms with Gasteiger partial charge in [0, 0.05) is 0 Å². The summed E-state index contributed by atoms with van der Waals surface area (Å²) in [4.78, 5) is 7.63. The normalized spacial score (nSPS) is 11.2. The van der Waals surface area contributed by atoms with E-state index in [0.29, 0.717) is 4.60 Å². The predicted octanol–water partition coefficient (Wildman–Crippen LogP) is 3.36. The fraction of sp³-hybridized carbons (Fsp3) is 0.0909. The van der Waals surface area contributed by atoms with E-state index in [2.05, 4.69) is 30.6 Å². The van der Waals surface area contributed by atoms with Gasteiger partial charge in [0.2, 0.25) is 5.82 Å². The lowest BCUT2D eigenvalue weighted by Gasteiger charge is -2.12. The molecular formula is C11H8BrCl2N3O3S. The molecule has 0 saturated heterocycles. The summed E-state index contributed by atoms with van der Waals surface area (Å²) in [6, 6.07) is 4.39. The van der Waals surface area contributed by atoms with E-state index in [9.17, 15) is 8.42 Å². The Kier molecular flexibility index (Phi) is 4.92. The number of nitrogens with zero attached hydrogens (tertiary/aromatic N) is 2. The Balaban J connectivity index is 2.48. The second kappa shape index (κ2) is 6.35. The molecule has 0 spiro atoms. The minimum Gasteiger partial charge on any atom is -0.478 e.